The van der Waals surface area contributed by atoms with Gasteiger partial charge in [0.1, 0.15) is 6.10 Å². The average Bonchev–Trinajstić information content (AvgIpc) is 2.15. The Balaban J connectivity index is 2.50. The molecule has 3 atom stereocenters. The first kappa shape index (κ1) is 6.71. The van der Waals surface area contributed by atoms with Gasteiger partial charge in [-0.15, -0.1) is 0 Å². The Bertz CT molecular complexity index is 113. The lowest BCUT2D eigenvalue weighted by Gasteiger charge is -2.06. The standard InChI is InChI=1S/C6H10O3/c1-4-3-9-5(2-7)6(4)8/h2,4-6,8H,3H2,1H3/t4-,5+,6+/m0/s1. The van der Waals surface area contributed by atoms with Crippen molar-refractivity contribution in [2.24, 2.45) is 5.92 Å². The van der Waals surface area contributed by atoms with Crippen LogP contribution < -0.4 is 0 Å². The Morgan fingerprint density at radius 1 is 1.78 bits per heavy atom. The molecule has 1 N–H and O–H groups in total. The number of hydrogen-bond donors (Lipinski definition) is 1. The third-order valence-electron chi connectivity index (χ3n) is 1.61. The van der Waals surface area contributed by atoms with Crippen LogP contribution in [0.2, 0.25) is 0 Å². The molecule has 1 heterocycles. The van der Waals surface area contributed by atoms with Gasteiger partial charge in [-0.3, -0.25) is 0 Å². The van der Waals surface area contributed by atoms with Crippen LogP contribution in [0.25, 0.3) is 0 Å². The highest BCUT2D eigenvalue weighted by Gasteiger charge is 2.31. The fourth-order valence-corrected chi connectivity index (χ4v) is 0.904. The van der Waals surface area contributed by atoms with Gasteiger partial charge in [0.2, 0.25) is 0 Å². The second kappa shape index (κ2) is 2.45. The van der Waals surface area contributed by atoms with E-state index in [0.29, 0.717) is 12.9 Å². The van der Waals surface area contributed by atoms with Gasteiger partial charge in [-0.2, -0.15) is 0 Å². The minimum Gasteiger partial charge on any atom is -0.390 e. The van der Waals surface area contributed by atoms with E-state index in [1.54, 1.807) is 0 Å². The molecule has 3 nitrogen and oxygen atoms in total. The lowest BCUT2D eigenvalue weighted by molar-refractivity contribution is -0.118. The minimum absolute atomic E-state index is 0.0974. The quantitative estimate of drug-likeness (QED) is 0.490. The predicted molar refractivity (Wildman–Crippen MR) is 31.0 cm³/mol. The van der Waals surface area contributed by atoms with Gasteiger partial charge in [0, 0.05) is 5.92 Å². The summed E-state index contributed by atoms with van der Waals surface area (Å²) in [6.45, 7) is 2.35. The third-order valence-corrected chi connectivity index (χ3v) is 1.61. The molecule has 0 aromatic heterocycles. The van der Waals surface area contributed by atoms with Crippen LogP contribution in [-0.2, 0) is 9.53 Å². The van der Waals surface area contributed by atoms with Crippen molar-refractivity contribution in [3.8, 4) is 0 Å². The first-order valence-corrected chi connectivity index (χ1v) is 3.00. The van der Waals surface area contributed by atoms with Gasteiger partial charge in [0.25, 0.3) is 0 Å². The lowest BCUT2D eigenvalue weighted by Crippen LogP contribution is -2.25. The second-order valence-electron chi connectivity index (χ2n) is 2.40. The fraction of sp³-hybridized carbons (Fsp3) is 0.833. The summed E-state index contributed by atoms with van der Waals surface area (Å²) in [5.74, 6) is 0.0974. The van der Waals surface area contributed by atoms with Gasteiger partial charge in [-0.25, -0.2) is 0 Å². The molecule has 1 saturated heterocycles. The summed E-state index contributed by atoms with van der Waals surface area (Å²) < 4.78 is 4.91. The Morgan fingerprint density at radius 3 is 2.67 bits per heavy atom. The molecule has 0 unspecified atom stereocenters. The smallest absolute Gasteiger partial charge is 0.151 e. The average molecular weight is 130 g/mol. The van der Waals surface area contributed by atoms with Crippen LogP contribution in [0, 0.1) is 5.92 Å². The number of carbonyl (C=O) groups excluding carboxylic acids is 1. The molecule has 52 valence electrons. The number of aldehydes is 1. The molecule has 1 aliphatic rings. The number of aliphatic hydroxyl groups is 1. The van der Waals surface area contributed by atoms with Crippen molar-refractivity contribution in [2.75, 3.05) is 6.61 Å². The summed E-state index contributed by atoms with van der Waals surface area (Å²) in [4.78, 5) is 10.1. The van der Waals surface area contributed by atoms with E-state index < -0.39 is 12.2 Å². The maximum Gasteiger partial charge on any atom is 0.151 e. The topological polar surface area (TPSA) is 46.5 Å². The van der Waals surface area contributed by atoms with Crippen molar-refractivity contribution in [2.45, 2.75) is 19.1 Å². The van der Waals surface area contributed by atoms with Gasteiger partial charge in [0.15, 0.2) is 6.29 Å². The molecule has 0 bridgehead atoms. The van der Waals surface area contributed by atoms with Crippen molar-refractivity contribution in [1.82, 2.24) is 0 Å². The van der Waals surface area contributed by atoms with Crippen molar-refractivity contribution in [3.63, 3.8) is 0 Å². The monoisotopic (exact) mass is 130 g/mol. The van der Waals surface area contributed by atoms with Crippen LogP contribution in [0.4, 0.5) is 0 Å². The van der Waals surface area contributed by atoms with E-state index in [4.69, 9.17) is 9.84 Å². The van der Waals surface area contributed by atoms with E-state index in [2.05, 4.69) is 0 Å². The van der Waals surface area contributed by atoms with Crippen LogP contribution in [0.15, 0.2) is 0 Å². The largest absolute Gasteiger partial charge is 0.390 e. The van der Waals surface area contributed by atoms with Gasteiger partial charge < -0.3 is 14.6 Å². The number of aliphatic hydroxyl groups excluding tert-OH is 1. The van der Waals surface area contributed by atoms with Crippen LogP contribution in [-0.4, -0.2) is 30.2 Å². The summed E-state index contributed by atoms with van der Waals surface area (Å²) >= 11 is 0. The molecule has 0 aromatic carbocycles. The Morgan fingerprint density at radius 2 is 2.44 bits per heavy atom. The highest BCUT2D eigenvalue weighted by atomic mass is 16.5. The molecule has 0 aliphatic carbocycles. The Labute approximate surface area is 53.6 Å². The van der Waals surface area contributed by atoms with Crippen LogP contribution in [0.3, 0.4) is 0 Å². The summed E-state index contributed by atoms with van der Waals surface area (Å²) in [5, 5.41) is 9.10. The maximum absolute atomic E-state index is 10.1. The van der Waals surface area contributed by atoms with Crippen molar-refractivity contribution >= 4 is 6.29 Å². The third kappa shape index (κ3) is 1.11. The van der Waals surface area contributed by atoms with Crippen LogP contribution >= 0.6 is 0 Å². The molecular formula is C6H10O3. The molecule has 0 amide bonds. The zero-order chi connectivity index (χ0) is 6.85. The second-order valence-corrected chi connectivity index (χ2v) is 2.40. The number of ether oxygens (including phenoxy) is 1. The molecule has 0 saturated carbocycles. The normalized spacial score (nSPS) is 43.1. The molecule has 9 heavy (non-hydrogen) atoms. The fourth-order valence-electron chi connectivity index (χ4n) is 0.904. The SMILES string of the molecule is C[C@H]1CO[C@H](C=O)[C@@H]1O. The van der Waals surface area contributed by atoms with E-state index in [9.17, 15) is 4.79 Å². The maximum atomic E-state index is 10.1. The van der Waals surface area contributed by atoms with Crippen molar-refractivity contribution in [1.29, 1.82) is 0 Å². The first-order valence-electron chi connectivity index (χ1n) is 3.00. The summed E-state index contributed by atoms with van der Waals surface area (Å²) in [6, 6.07) is 0. The van der Waals surface area contributed by atoms with E-state index in [0.717, 1.165) is 0 Å². The van der Waals surface area contributed by atoms with Gasteiger partial charge >= 0.3 is 0 Å². The zero-order valence-corrected chi connectivity index (χ0v) is 5.28. The molecule has 0 aromatic rings. The van der Waals surface area contributed by atoms with Crippen molar-refractivity contribution in [3.05, 3.63) is 0 Å². The Hall–Kier alpha value is -0.410. The lowest BCUT2D eigenvalue weighted by atomic mass is 10.1. The molecule has 3 heteroatoms. The molecule has 1 fully saturated rings. The highest BCUT2D eigenvalue weighted by Crippen LogP contribution is 2.17. The first-order chi connectivity index (χ1) is 4.25. The molecular weight excluding hydrogens is 120 g/mol. The minimum atomic E-state index is -0.595. The van der Waals surface area contributed by atoms with Crippen LogP contribution in [0.1, 0.15) is 6.92 Å². The molecule has 1 rings (SSSR count). The van der Waals surface area contributed by atoms with E-state index in [-0.39, 0.29) is 5.92 Å². The van der Waals surface area contributed by atoms with Crippen molar-refractivity contribution < 1.29 is 14.6 Å². The number of rotatable bonds is 1. The molecule has 1 aliphatic heterocycles. The summed E-state index contributed by atoms with van der Waals surface area (Å²) in [6.07, 6.45) is -0.531. The highest BCUT2D eigenvalue weighted by molar-refractivity contribution is 5.57. The Kier molecular flexibility index (Phi) is 1.83. The van der Waals surface area contributed by atoms with Gasteiger partial charge in [0.05, 0.1) is 12.7 Å². The number of carbonyl (C=O) groups is 1. The van der Waals surface area contributed by atoms with E-state index in [1.807, 2.05) is 6.92 Å². The predicted octanol–water partition coefficient (Wildman–Crippen LogP) is -0.419. The number of hydrogen-bond acceptors (Lipinski definition) is 3. The molecule has 0 spiro atoms. The zero-order valence-electron chi connectivity index (χ0n) is 5.28. The molecule has 0 radical (unpaired) electrons. The van der Waals surface area contributed by atoms with E-state index >= 15 is 0 Å². The summed E-state index contributed by atoms with van der Waals surface area (Å²) in [7, 11) is 0. The van der Waals surface area contributed by atoms with E-state index in [1.165, 1.54) is 0 Å². The van der Waals surface area contributed by atoms with Gasteiger partial charge in [-0.05, 0) is 0 Å². The van der Waals surface area contributed by atoms with Gasteiger partial charge in [-0.1, -0.05) is 6.92 Å². The summed E-state index contributed by atoms with van der Waals surface area (Å²) in [5.41, 5.74) is 0. The van der Waals surface area contributed by atoms with Crippen LogP contribution in [0.5, 0.6) is 0 Å².